The molecule has 12 heavy (non-hydrogen) atoms. The fourth-order valence-electron chi connectivity index (χ4n) is 2.92. The Hall–Kier alpha value is -0.560. The number of aliphatic hydroxyl groups is 1. The molecule has 0 heterocycles. The first kappa shape index (κ1) is 8.06. The molecule has 0 aromatic heterocycles. The van der Waals surface area contributed by atoms with Crippen molar-refractivity contribution in [2.75, 3.05) is 6.61 Å². The highest BCUT2D eigenvalue weighted by atomic mass is 16.3. The van der Waals surface area contributed by atoms with E-state index in [1.807, 2.05) is 6.08 Å². The highest BCUT2D eigenvalue weighted by Crippen LogP contribution is 2.55. The van der Waals surface area contributed by atoms with Crippen LogP contribution < -0.4 is 0 Å². The molecule has 2 aliphatic rings. The average molecular weight is 164 g/mol. The first-order valence-electron chi connectivity index (χ1n) is 4.73. The molecule has 0 amide bonds. The number of fused-ring (bicyclic) bond motifs is 2. The van der Waals surface area contributed by atoms with Crippen LogP contribution in [-0.4, -0.2) is 11.7 Å². The molecule has 1 N–H and O–H groups in total. The van der Waals surface area contributed by atoms with Gasteiger partial charge in [-0.15, -0.1) is 6.58 Å². The highest BCUT2D eigenvalue weighted by Gasteiger charge is 2.49. The van der Waals surface area contributed by atoms with E-state index in [4.69, 9.17) is 0 Å². The maximum absolute atomic E-state index is 9.44. The second kappa shape index (κ2) is 2.74. The molecule has 0 aromatic carbocycles. The van der Waals surface area contributed by atoms with Gasteiger partial charge in [0, 0.05) is 5.41 Å². The standard InChI is InChI=1S/C11H16O/c1-2-7-11(8-12)9-3-4-10(11)6-5-9/h2-4,9-10,12H,1,5-8H2. The van der Waals surface area contributed by atoms with Crippen molar-refractivity contribution in [1.29, 1.82) is 0 Å². The van der Waals surface area contributed by atoms with Gasteiger partial charge in [-0.2, -0.15) is 0 Å². The van der Waals surface area contributed by atoms with Crippen molar-refractivity contribution in [2.24, 2.45) is 17.3 Å². The van der Waals surface area contributed by atoms with Crippen molar-refractivity contribution >= 4 is 0 Å². The van der Waals surface area contributed by atoms with Gasteiger partial charge >= 0.3 is 0 Å². The lowest BCUT2D eigenvalue weighted by molar-refractivity contribution is 0.0891. The van der Waals surface area contributed by atoms with Gasteiger partial charge in [0.05, 0.1) is 6.61 Å². The Morgan fingerprint density at radius 3 is 2.33 bits per heavy atom. The van der Waals surface area contributed by atoms with Crippen molar-refractivity contribution in [3.8, 4) is 0 Å². The van der Waals surface area contributed by atoms with Gasteiger partial charge in [-0.05, 0) is 31.1 Å². The van der Waals surface area contributed by atoms with E-state index in [9.17, 15) is 5.11 Å². The third-order valence-electron chi connectivity index (χ3n) is 3.66. The van der Waals surface area contributed by atoms with Gasteiger partial charge < -0.3 is 5.11 Å². The molecule has 2 atom stereocenters. The number of rotatable bonds is 3. The number of hydrogen-bond donors (Lipinski definition) is 1. The topological polar surface area (TPSA) is 20.2 Å². The van der Waals surface area contributed by atoms with Crippen LogP contribution in [0.1, 0.15) is 19.3 Å². The Balaban J connectivity index is 2.24. The lowest BCUT2D eigenvalue weighted by atomic mass is 9.74. The summed E-state index contributed by atoms with van der Waals surface area (Å²) in [6.45, 7) is 4.10. The maximum Gasteiger partial charge on any atom is 0.0501 e. The van der Waals surface area contributed by atoms with Crippen LogP contribution in [0.5, 0.6) is 0 Å². The predicted molar refractivity (Wildman–Crippen MR) is 49.7 cm³/mol. The van der Waals surface area contributed by atoms with Gasteiger partial charge in [0.15, 0.2) is 0 Å². The first-order chi connectivity index (χ1) is 5.83. The SMILES string of the molecule is C=CCC1(CO)C2C=CC1CC2. The Morgan fingerprint density at radius 1 is 1.42 bits per heavy atom. The molecule has 1 heteroatoms. The van der Waals surface area contributed by atoms with Crippen molar-refractivity contribution < 1.29 is 5.11 Å². The first-order valence-corrected chi connectivity index (χ1v) is 4.73. The molecule has 66 valence electrons. The number of aliphatic hydroxyl groups excluding tert-OH is 1. The fourth-order valence-corrected chi connectivity index (χ4v) is 2.92. The van der Waals surface area contributed by atoms with Crippen molar-refractivity contribution in [3.05, 3.63) is 24.8 Å². The molecule has 0 spiro atoms. The van der Waals surface area contributed by atoms with Crippen molar-refractivity contribution in [3.63, 3.8) is 0 Å². The summed E-state index contributed by atoms with van der Waals surface area (Å²) in [6.07, 6.45) is 10.0. The van der Waals surface area contributed by atoms with Gasteiger partial charge in [0.2, 0.25) is 0 Å². The van der Waals surface area contributed by atoms with E-state index in [1.54, 1.807) is 0 Å². The molecular weight excluding hydrogens is 148 g/mol. The summed E-state index contributed by atoms with van der Waals surface area (Å²) in [5.41, 5.74) is 0.141. The van der Waals surface area contributed by atoms with E-state index in [0.29, 0.717) is 18.4 Å². The molecule has 0 saturated heterocycles. The van der Waals surface area contributed by atoms with Crippen molar-refractivity contribution in [2.45, 2.75) is 19.3 Å². The summed E-state index contributed by atoms with van der Waals surface area (Å²) >= 11 is 0. The summed E-state index contributed by atoms with van der Waals surface area (Å²) in [6, 6.07) is 0. The molecule has 2 rings (SSSR count). The van der Waals surface area contributed by atoms with Crippen LogP contribution in [0.3, 0.4) is 0 Å². The Bertz CT molecular complexity index is 203. The second-order valence-corrected chi connectivity index (χ2v) is 4.06. The van der Waals surface area contributed by atoms with Gasteiger partial charge in [-0.25, -0.2) is 0 Å². The molecule has 1 fully saturated rings. The molecule has 0 radical (unpaired) electrons. The predicted octanol–water partition coefficient (Wildman–Crippen LogP) is 2.14. The Kier molecular flexibility index (Phi) is 1.84. The van der Waals surface area contributed by atoms with E-state index in [0.717, 1.165) is 6.42 Å². The van der Waals surface area contributed by atoms with Gasteiger partial charge in [-0.1, -0.05) is 18.2 Å². The average Bonchev–Trinajstić information content (AvgIpc) is 2.62. The van der Waals surface area contributed by atoms with Gasteiger partial charge in [0.1, 0.15) is 0 Å². The monoisotopic (exact) mass is 164 g/mol. The minimum atomic E-state index is 0.141. The van der Waals surface area contributed by atoms with E-state index in [1.165, 1.54) is 12.8 Å². The van der Waals surface area contributed by atoms with Gasteiger partial charge in [0.25, 0.3) is 0 Å². The fraction of sp³-hybridized carbons (Fsp3) is 0.636. The highest BCUT2D eigenvalue weighted by molar-refractivity contribution is 5.19. The zero-order valence-electron chi connectivity index (χ0n) is 7.37. The minimum Gasteiger partial charge on any atom is -0.396 e. The van der Waals surface area contributed by atoms with Crippen LogP contribution in [-0.2, 0) is 0 Å². The third-order valence-corrected chi connectivity index (χ3v) is 3.66. The zero-order chi connectivity index (χ0) is 8.60. The van der Waals surface area contributed by atoms with Crippen LogP contribution in [0.15, 0.2) is 24.8 Å². The van der Waals surface area contributed by atoms with E-state index >= 15 is 0 Å². The lowest BCUT2D eigenvalue weighted by Crippen LogP contribution is -2.30. The van der Waals surface area contributed by atoms with Crippen LogP contribution in [0.25, 0.3) is 0 Å². The van der Waals surface area contributed by atoms with Crippen LogP contribution in [0.4, 0.5) is 0 Å². The third kappa shape index (κ3) is 0.831. The Labute approximate surface area is 73.8 Å². The quantitative estimate of drug-likeness (QED) is 0.634. The summed E-state index contributed by atoms with van der Waals surface area (Å²) in [5.74, 6) is 1.23. The lowest BCUT2D eigenvalue weighted by Gasteiger charge is -2.31. The molecule has 0 aromatic rings. The van der Waals surface area contributed by atoms with Crippen molar-refractivity contribution in [1.82, 2.24) is 0 Å². The van der Waals surface area contributed by atoms with Crippen LogP contribution in [0, 0.1) is 17.3 Å². The largest absolute Gasteiger partial charge is 0.396 e. The molecule has 1 nitrogen and oxygen atoms in total. The summed E-state index contributed by atoms with van der Waals surface area (Å²) in [4.78, 5) is 0. The smallest absolute Gasteiger partial charge is 0.0501 e. The molecule has 0 aliphatic heterocycles. The van der Waals surface area contributed by atoms with Crippen LogP contribution >= 0.6 is 0 Å². The molecule has 2 bridgehead atoms. The summed E-state index contributed by atoms with van der Waals surface area (Å²) < 4.78 is 0. The molecular formula is C11H16O. The van der Waals surface area contributed by atoms with Crippen LogP contribution in [0.2, 0.25) is 0 Å². The number of hydrogen-bond acceptors (Lipinski definition) is 1. The Morgan fingerprint density at radius 2 is 2.00 bits per heavy atom. The van der Waals surface area contributed by atoms with E-state index < -0.39 is 0 Å². The maximum atomic E-state index is 9.44. The summed E-state index contributed by atoms with van der Waals surface area (Å²) in [5, 5.41) is 9.44. The molecule has 2 aliphatic carbocycles. The number of allylic oxidation sites excluding steroid dienone is 3. The molecule has 2 unspecified atom stereocenters. The second-order valence-electron chi connectivity index (χ2n) is 4.06. The normalized spacial score (nSPS) is 43.8. The summed E-state index contributed by atoms with van der Waals surface area (Å²) in [7, 11) is 0. The van der Waals surface area contributed by atoms with Gasteiger partial charge in [-0.3, -0.25) is 0 Å². The van der Waals surface area contributed by atoms with E-state index in [2.05, 4.69) is 18.7 Å². The zero-order valence-corrected chi connectivity index (χ0v) is 7.37. The minimum absolute atomic E-state index is 0.141. The molecule has 1 saturated carbocycles. The van der Waals surface area contributed by atoms with E-state index in [-0.39, 0.29) is 5.41 Å².